The van der Waals surface area contributed by atoms with E-state index in [2.05, 4.69) is 5.32 Å². The maximum absolute atomic E-state index is 13.8. The number of ether oxygens (including phenoxy) is 1. The molecule has 1 amide bonds. The molecule has 2 aromatic carbocycles. The quantitative estimate of drug-likeness (QED) is 0.857. The summed E-state index contributed by atoms with van der Waals surface area (Å²) >= 11 is 0. The Morgan fingerprint density at radius 3 is 2.62 bits per heavy atom. The first-order valence-corrected chi connectivity index (χ1v) is 6.65. The fraction of sp³-hybridized carbons (Fsp3) is 0.188. The first-order chi connectivity index (χ1) is 10.2. The molecule has 21 heavy (non-hydrogen) atoms. The zero-order chi connectivity index (χ0) is 15.1. The van der Waals surface area contributed by atoms with E-state index in [1.165, 1.54) is 12.1 Å². The second-order valence-corrected chi connectivity index (χ2v) is 4.51. The van der Waals surface area contributed by atoms with Gasteiger partial charge < -0.3 is 15.8 Å². The minimum absolute atomic E-state index is 0.0546. The lowest BCUT2D eigenvalue weighted by Gasteiger charge is -2.09. The number of carbonyl (C=O) groups is 1. The van der Waals surface area contributed by atoms with Gasteiger partial charge in [-0.15, -0.1) is 0 Å². The highest BCUT2D eigenvalue weighted by Crippen LogP contribution is 2.18. The third-order valence-electron chi connectivity index (χ3n) is 2.85. The number of benzene rings is 2. The highest BCUT2D eigenvalue weighted by Gasteiger charge is 2.08. The molecule has 0 fully saturated rings. The average Bonchev–Trinajstić information content (AvgIpc) is 2.48. The molecule has 0 unspecified atom stereocenters. The molecule has 0 atom stereocenters. The summed E-state index contributed by atoms with van der Waals surface area (Å²) in [6.45, 7) is 0.209. The van der Waals surface area contributed by atoms with Gasteiger partial charge in [0.25, 0.3) is 5.91 Å². The van der Waals surface area contributed by atoms with E-state index in [0.717, 1.165) is 5.56 Å². The summed E-state index contributed by atoms with van der Waals surface area (Å²) in [6, 6.07) is 13.6. The predicted octanol–water partition coefficient (Wildman–Crippen LogP) is 2.34. The van der Waals surface area contributed by atoms with Gasteiger partial charge in [-0.2, -0.15) is 0 Å². The molecule has 0 saturated heterocycles. The lowest BCUT2D eigenvalue weighted by atomic mass is 10.1. The molecule has 0 radical (unpaired) electrons. The van der Waals surface area contributed by atoms with Gasteiger partial charge >= 0.3 is 0 Å². The maximum atomic E-state index is 13.8. The second-order valence-electron chi connectivity index (χ2n) is 4.51. The van der Waals surface area contributed by atoms with Crippen LogP contribution in [0.1, 0.15) is 5.56 Å². The van der Waals surface area contributed by atoms with Crippen molar-refractivity contribution in [1.29, 1.82) is 0 Å². The van der Waals surface area contributed by atoms with Crippen LogP contribution in [0.3, 0.4) is 0 Å². The molecular weight excluding hydrogens is 271 g/mol. The lowest BCUT2D eigenvalue weighted by molar-refractivity contribution is -0.118. The number of hydrogen-bond donors (Lipinski definition) is 2. The van der Waals surface area contributed by atoms with Gasteiger partial charge in [-0.3, -0.25) is 4.79 Å². The van der Waals surface area contributed by atoms with E-state index < -0.39 is 5.82 Å². The summed E-state index contributed by atoms with van der Waals surface area (Å²) in [7, 11) is 0. The number of halogens is 1. The van der Waals surface area contributed by atoms with E-state index in [1.807, 2.05) is 18.2 Å². The molecule has 0 bridgehead atoms. The Bertz CT molecular complexity index is 602. The number of carbonyl (C=O) groups excluding carboxylic acids is 1. The summed E-state index contributed by atoms with van der Waals surface area (Å²) in [4.78, 5) is 11.7. The molecule has 5 heteroatoms. The molecule has 0 aliphatic carbocycles. The van der Waals surface area contributed by atoms with Gasteiger partial charge in [-0.05, 0) is 42.8 Å². The molecule has 0 aliphatic heterocycles. The molecule has 3 N–H and O–H groups in total. The van der Waals surface area contributed by atoms with E-state index >= 15 is 0 Å². The summed E-state index contributed by atoms with van der Waals surface area (Å²) in [6.07, 6.45) is 0.603. The molecule has 0 heterocycles. The van der Waals surface area contributed by atoms with E-state index in [9.17, 15) is 9.18 Å². The highest BCUT2D eigenvalue weighted by molar-refractivity contribution is 5.91. The van der Waals surface area contributed by atoms with Crippen LogP contribution in [-0.2, 0) is 11.2 Å². The van der Waals surface area contributed by atoms with Gasteiger partial charge in [0.15, 0.2) is 18.2 Å². The van der Waals surface area contributed by atoms with E-state index in [1.54, 1.807) is 18.2 Å². The Hall–Kier alpha value is -2.40. The molecule has 0 aliphatic rings. The molecule has 0 spiro atoms. The standard InChI is InChI=1S/C16H17FN2O2/c17-14-10-12(8-9-18)6-7-15(14)21-11-16(20)19-13-4-2-1-3-5-13/h1-7,10H,8-9,11,18H2,(H,19,20). The van der Waals surface area contributed by atoms with Crippen molar-refractivity contribution in [2.45, 2.75) is 6.42 Å². The number of anilines is 1. The van der Waals surface area contributed by atoms with Crippen molar-refractivity contribution in [3.63, 3.8) is 0 Å². The number of rotatable bonds is 6. The fourth-order valence-electron chi connectivity index (χ4n) is 1.85. The van der Waals surface area contributed by atoms with Crippen LogP contribution in [0.5, 0.6) is 5.75 Å². The van der Waals surface area contributed by atoms with E-state index in [4.69, 9.17) is 10.5 Å². The maximum Gasteiger partial charge on any atom is 0.262 e. The highest BCUT2D eigenvalue weighted by atomic mass is 19.1. The van der Waals surface area contributed by atoms with Crippen molar-refractivity contribution < 1.29 is 13.9 Å². The first-order valence-electron chi connectivity index (χ1n) is 6.65. The van der Waals surface area contributed by atoms with Crippen molar-refractivity contribution in [1.82, 2.24) is 0 Å². The van der Waals surface area contributed by atoms with Crippen LogP contribution in [0.15, 0.2) is 48.5 Å². The van der Waals surface area contributed by atoms with Gasteiger partial charge in [0.05, 0.1) is 0 Å². The van der Waals surface area contributed by atoms with Crippen molar-refractivity contribution >= 4 is 11.6 Å². The molecule has 2 aromatic rings. The van der Waals surface area contributed by atoms with E-state index in [0.29, 0.717) is 18.7 Å². The molecular formula is C16H17FN2O2. The number of nitrogens with two attached hydrogens (primary N) is 1. The smallest absolute Gasteiger partial charge is 0.262 e. The largest absolute Gasteiger partial charge is 0.481 e. The zero-order valence-corrected chi connectivity index (χ0v) is 11.5. The minimum atomic E-state index is -0.492. The zero-order valence-electron chi connectivity index (χ0n) is 11.5. The molecule has 110 valence electrons. The van der Waals surface area contributed by atoms with Crippen LogP contribution in [0, 0.1) is 5.82 Å². The Morgan fingerprint density at radius 1 is 1.19 bits per heavy atom. The van der Waals surface area contributed by atoms with Crippen molar-refractivity contribution in [3.05, 3.63) is 59.9 Å². The third-order valence-corrected chi connectivity index (χ3v) is 2.85. The van der Waals surface area contributed by atoms with Gasteiger partial charge in [0.1, 0.15) is 0 Å². The fourth-order valence-corrected chi connectivity index (χ4v) is 1.85. The summed E-state index contributed by atoms with van der Waals surface area (Å²) < 4.78 is 18.9. The Labute approximate surface area is 122 Å². The van der Waals surface area contributed by atoms with Gasteiger partial charge in [-0.1, -0.05) is 24.3 Å². The topological polar surface area (TPSA) is 64.3 Å². The molecule has 4 nitrogen and oxygen atoms in total. The van der Waals surface area contributed by atoms with Crippen LogP contribution in [-0.4, -0.2) is 19.1 Å². The Morgan fingerprint density at radius 2 is 1.95 bits per heavy atom. The second kappa shape index (κ2) is 7.40. The summed E-state index contributed by atoms with van der Waals surface area (Å²) in [5, 5.41) is 2.66. The van der Waals surface area contributed by atoms with Crippen LogP contribution >= 0.6 is 0 Å². The number of amides is 1. The SMILES string of the molecule is NCCc1ccc(OCC(=O)Nc2ccccc2)c(F)c1. The van der Waals surface area contributed by atoms with Crippen LogP contribution < -0.4 is 15.8 Å². The Balaban J connectivity index is 1.89. The van der Waals surface area contributed by atoms with Crippen molar-refractivity contribution in [3.8, 4) is 5.75 Å². The van der Waals surface area contributed by atoms with Crippen LogP contribution in [0.4, 0.5) is 10.1 Å². The van der Waals surface area contributed by atoms with Crippen LogP contribution in [0.25, 0.3) is 0 Å². The van der Waals surface area contributed by atoms with Crippen molar-refractivity contribution in [2.24, 2.45) is 5.73 Å². The van der Waals surface area contributed by atoms with Crippen LogP contribution in [0.2, 0.25) is 0 Å². The lowest BCUT2D eigenvalue weighted by Crippen LogP contribution is -2.20. The van der Waals surface area contributed by atoms with E-state index in [-0.39, 0.29) is 18.3 Å². The summed E-state index contributed by atoms with van der Waals surface area (Å²) in [5.41, 5.74) is 6.89. The number of hydrogen-bond acceptors (Lipinski definition) is 3. The average molecular weight is 288 g/mol. The Kier molecular flexibility index (Phi) is 5.29. The monoisotopic (exact) mass is 288 g/mol. The van der Waals surface area contributed by atoms with Gasteiger partial charge in [0.2, 0.25) is 0 Å². The van der Waals surface area contributed by atoms with Gasteiger partial charge in [-0.25, -0.2) is 4.39 Å². The number of nitrogens with one attached hydrogen (secondary N) is 1. The number of para-hydroxylation sites is 1. The minimum Gasteiger partial charge on any atom is -0.481 e. The first kappa shape index (κ1) is 15.0. The summed E-state index contributed by atoms with van der Waals surface area (Å²) in [5.74, 6) is -0.779. The molecule has 0 saturated carbocycles. The van der Waals surface area contributed by atoms with Crippen molar-refractivity contribution in [2.75, 3.05) is 18.5 Å². The third kappa shape index (κ3) is 4.57. The van der Waals surface area contributed by atoms with Gasteiger partial charge in [0, 0.05) is 5.69 Å². The molecule has 0 aromatic heterocycles. The molecule has 2 rings (SSSR count). The predicted molar refractivity (Wildman–Crippen MR) is 79.7 cm³/mol. The normalized spacial score (nSPS) is 10.2.